The third kappa shape index (κ3) is 3.21. The van der Waals surface area contributed by atoms with E-state index in [-0.39, 0.29) is 23.3 Å². The molecule has 2 aromatic rings. The van der Waals surface area contributed by atoms with Crippen LogP contribution in [0.5, 0.6) is 0 Å². The first kappa shape index (κ1) is 17.3. The van der Waals surface area contributed by atoms with E-state index in [1.807, 2.05) is 11.9 Å². The largest absolute Gasteiger partial charge is 0.363 e. The summed E-state index contributed by atoms with van der Waals surface area (Å²) in [7, 11) is 3.75. The number of nitro benzene ring substituents is 1. The van der Waals surface area contributed by atoms with Crippen molar-refractivity contribution in [3.05, 3.63) is 40.5 Å². The Balaban J connectivity index is 2.05. The molecule has 0 amide bonds. The molecule has 7 nitrogen and oxygen atoms in total. The molecular weight excluding hydrogens is 325 g/mol. The Morgan fingerprint density at radius 1 is 1.24 bits per heavy atom. The fraction of sp³-hybridized carbons (Fsp3) is 0.471. The molecule has 1 aliphatic rings. The van der Waals surface area contributed by atoms with Crippen molar-refractivity contribution in [2.45, 2.75) is 25.9 Å². The Labute approximate surface area is 145 Å². The Morgan fingerprint density at radius 2 is 1.88 bits per heavy atom. The highest BCUT2D eigenvalue weighted by atomic mass is 19.1. The van der Waals surface area contributed by atoms with Crippen LogP contribution >= 0.6 is 0 Å². The lowest BCUT2D eigenvalue weighted by atomic mass is 10.0. The minimum absolute atomic E-state index is 0.0794. The van der Waals surface area contributed by atoms with Crippen LogP contribution in [0.25, 0.3) is 11.1 Å². The monoisotopic (exact) mass is 347 g/mol. The molecule has 0 unspecified atom stereocenters. The molecule has 134 valence electrons. The quantitative estimate of drug-likeness (QED) is 0.631. The van der Waals surface area contributed by atoms with Crippen LogP contribution in [0, 0.1) is 15.9 Å². The van der Waals surface area contributed by atoms with Crippen molar-refractivity contribution < 1.29 is 9.31 Å². The first-order chi connectivity index (χ1) is 11.8. The van der Waals surface area contributed by atoms with E-state index < -0.39 is 10.7 Å². The molecule has 1 saturated heterocycles. The van der Waals surface area contributed by atoms with Crippen LogP contribution in [0.1, 0.15) is 13.8 Å². The van der Waals surface area contributed by atoms with Gasteiger partial charge in [0.15, 0.2) is 0 Å². The van der Waals surface area contributed by atoms with Gasteiger partial charge in [-0.15, -0.1) is 0 Å². The van der Waals surface area contributed by atoms with Crippen molar-refractivity contribution >= 4 is 11.4 Å². The van der Waals surface area contributed by atoms with Crippen LogP contribution < -0.4 is 4.90 Å². The number of piperazine rings is 1. The van der Waals surface area contributed by atoms with Crippen LogP contribution in [0.4, 0.5) is 15.8 Å². The molecule has 25 heavy (non-hydrogen) atoms. The van der Waals surface area contributed by atoms with E-state index in [4.69, 9.17) is 0 Å². The van der Waals surface area contributed by atoms with Gasteiger partial charge in [-0.2, -0.15) is 5.10 Å². The third-order valence-corrected chi connectivity index (χ3v) is 4.98. The molecule has 0 saturated carbocycles. The van der Waals surface area contributed by atoms with E-state index >= 15 is 0 Å². The fourth-order valence-corrected chi connectivity index (χ4v) is 3.33. The van der Waals surface area contributed by atoms with Gasteiger partial charge in [-0.3, -0.25) is 19.7 Å². The summed E-state index contributed by atoms with van der Waals surface area (Å²) in [5.41, 5.74) is 0.972. The van der Waals surface area contributed by atoms with Crippen molar-refractivity contribution in [1.82, 2.24) is 14.7 Å². The number of halogens is 1. The molecule has 1 aromatic heterocycles. The summed E-state index contributed by atoms with van der Waals surface area (Å²) >= 11 is 0. The molecule has 2 atom stereocenters. The number of benzene rings is 1. The zero-order valence-electron chi connectivity index (χ0n) is 14.8. The predicted molar refractivity (Wildman–Crippen MR) is 94.2 cm³/mol. The zero-order valence-corrected chi connectivity index (χ0v) is 14.8. The average Bonchev–Trinajstić information content (AvgIpc) is 2.97. The number of nitrogens with zero attached hydrogens (tertiary/aromatic N) is 5. The molecule has 8 heteroatoms. The predicted octanol–water partition coefficient (Wildman–Crippen LogP) is 2.66. The van der Waals surface area contributed by atoms with Gasteiger partial charge in [0.05, 0.1) is 11.1 Å². The second kappa shape index (κ2) is 6.44. The van der Waals surface area contributed by atoms with Crippen molar-refractivity contribution in [2.24, 2.45) is 7.05 Å². The van der Waals surface area contributed by atoms with E-state index in [0.29, 0.717) is 24.3 Å². The van der Waals surface area contributed by atoms with Crippen LogP contribution in [0.2, 0.25) is 0 Å². The van der Waals surface area contributed by atoms with Gasteiger partial charge in [0.25, 0.3) is 5.69 Å². The zero-order chi connectivity index (χ0) is 18.3. The van der Waals surface area contributed by atoms with Gasteiger partial charge in [0.2, 0.25) is 0 Å². The molecule has 0 N–H and O–H groups in total. The number of nitro groups is 1. The normalized spacial score (nSPS) is 21.6. The number of aromatic nitrogens is 2. The van der Waals surface area contributed by atoms with E-state index in [1.165, 1.54) is 18.3 Å². The van der Waals surface area contributed by atoms with Crippen LogP contribution in [-0.4, -0.2) is 51.8 Å². The minimum Gasteiger partial charge on any atom is -0.363 e. The summed E-state index contributed by atoms with van der Waals surface area (Å²) in [6.45, 7) is 5.37. The Kier molecular flexibility index (Phi) is 4.47. The molecule has 0 spiro atoms. The van der Waals surface area contributed by atoms with E-state index in [0.717, 1.165) is 0 Å². The average molecular weight is 347 g/mol. The van der Waals surface area contributed by atoms with Crippen molar-refractivity contribution in [1.29, 1.82) is 0 Å². The van der Waals surface area contributed by atoms with Gasteiger partial charge in [0.1, 0.15) is 11.5 Å². The molecule has 1 aromatic carbocycles. The van der Waals surface area contributed by atoms with Crippen LogP contribution in [0.3, 0.4) is 0 Å². The van der Waals surface area contributed by atoms with E-state index in [2.05, 4.69) is 23.8 Å². The number of anilines is 1. The number of hydrogen-bond acceptors (Lipinski definition) is 5. The summed E-state index contributed by atoms with van der Waals surface area (Å²) < 4.78 is 16.3. The number of likely N-dealkylation sites (N-methyl/N-ethyl adjacent to an activating group) is 1. The standard InChI is InChI=1S/C17H22FN5O2/c1-11-8-22(9-12(2)21(11)4)16-6-15(18)14(5-17(16)23(24)25)13-7-19-20(3)10-13/h5-7,10-12H,8-9H2,1-4H3/t11-,12+. The lowest BCUT2D eigenvalue weighted by Gasteiger charge is -2.43. The third-order valence-electron chi connectivity index (χ3n) is 4.98. The Bertz CT molecular complexity index is 794. The highest BCUT2D eigenvalue weighted by Crippen LogP contribution is 2.36. The lowest BCUT2D eigenvalue weighted by molar-refractivity contribution is -0.384. The Hall–Kier alpha value is -2.48. The van der Waals surface area contributed by atoms with Crippen LogP contribution in [-0.2, 0) is 7.05 Å². The molecule has 1 aliphatic heterocycles. The number of hydrogen-bond donors (Lipinski definition) is 0. The molecular formula is C17H22FN5O2. The minimum atomic E-state index is -0.479. The molecule has 0 radical (unpaired) electrons. The molecule has 0 bridgehead atoms. The molecule has 0 aliphatic carbocycles. The first-order valence-electron chi connectivity index (χ1n) is 8.21. The summed E-state index contributed by atoms with van der Waals surface area (Å²) in [5, 5.41) is 15.6. The lowest BCUT2D eigenvalue weighted by Crippen LogP contribution is -2.55. The highest BCUT2D eigenvalue weighted by molar-refractivity contribution is 5.74. The van der Waals surface area contributed by atoms with Crippen LogP contribution in [0.15, 0.2) is 24.5 Å². The van der Waals surface area contributed by atoms with E-state index in [9.17, 15) is 14.5 Å². The van der Waals surface area contributed by atoms with Gasteiger partial charge in [-0.05, 0) is 20.9 Å². The summed E-state index contributed by atoms with van der Waals surface area (Å²) in [5.74, 6) is -0.479. The highest BCUT2D eigenvalue weighted by Gasteiger charge is 2.31. The van der Waals surface area contributed by atoms with Gasteiger partial charge in [-0.25, -0.2) is 4.39 Å². The van der Waals surface area contributed by atoms with Gasteiger partial charge < -0.3 is 4.90 Å². The van der Waals surface area contributed by atoms with Gasteiger partial charge in [-0.1, -0.05) is 0 Å². The summed E-state index contributed by atoms with van der Waals surface area (Å²) in [4.78, 5) is 15.3. The van der Waals surface area contributed by atoms with Crippen molar-refractivity contribution in [3.63, 3.8) is 0 Å². The molecule has 1 fully saturated rings. The SMILES string of the molecule is C[C@@H]1CN(c2cc(F)c(-c3cnn(C)c3)cc2[N+](=O)[O-])C[C@H](C)N1C. The topological polar surface area (TPSA) is 67.4 Å². The smallest absolute Gasteiger partial charge is 0.293 e. The maximum absolute atomic E-state index is 14.7. The maximum Gasteiger partial charge on any atom is 0.293 e. The summed E-state index contributed by atoms with van der Waals surface area (Å²) in [6, 6.07) is 3.05. The van der Waals surface area contributed by atoms with E-state index in [1.54, 1.807) is 17.9 Å². The number of aryl methyl sites for hydroxylation is 1. The summed E-state index contributed by atoms with van der Waals surface area (Å²) in [6.07, 6.45) is 3.14. The fourth-order valence-electron chi connectivity index (χ4n) is 3.33. The second-order valence-corrected chi connectivity index (χ2v) is 6.75. The maximum atomic E-state index is 14.7. The second-order valence-electron chi connectivity index (χ2n) is 6.75. The van der Waals surface area contributed by atoms with Gasteiger partial charge >= 0.3 is 0 Å². The van der Waals surface area contributed by atoms with Gasteiger partial charge in [0, 0.05) is 61.7 Å². The van der Waals surface area contributed by atoms with Crippen molar-refractivity contribution in [2.75, 3.05) is 25.0 Å². The Morgan fingerprint density at radius 3 is 2.40 bits per heavy atom. The molecule has 2 heterocycles. The number of rotatable bonds is 3. The molecule has 3 rings (SSSR count). The van der Waals surface area contributed by atoms with Crippen molar-refractivity contribution in [3.8, 4) is 11.1 Å². The first-order valence-corrected chi connectivity index (χ1v) is 8.21.